The number of ether oxygens (including phenoxy) is 3. The van der Waals surface area contributed by atoms with Crippen LogP contribution in [0.25, 0.3) is 0 Å². The van der Waals surface area contributed by atoms with Gasteiger partial charge in [-0.15, -0.1) is 0 Å². The fraction of sp³-hybridized carbons (Fsp3) is 0.875. The SMILES string of the molecule is CCC(C)C(=O)OC1CC(C)C=C2C3OC3C(C)C(CCC3CC(O)CC(O)O3)C21. The zero-order valence-corrected chi connectivity index (χ0v) is 18.7. The number of carbonyl (C=O) groups excluding carboxylic acids is 1. The molecule has 0 aromatic heterocycles. The van der Waals surface area contributed by atoms with Crippen LogP contribution in [0.15, 0.2) is 11.6 Å². The van der Waals surface area contributed by atoms with Crippen molar-refractivity contribution in [2.45, 2.75) is 103 Å². The van der Waals surface area contributed by atoms with Gasteiger partial charge in [-0.05, 0) is 55.4 Å². The molecule has 11 unspecified atom stereocenters. The summed E-state index contributed by atoms with van der Waals surface area (Å²) in [6.07, 6.45) is 5.35. The zero-order chi connectivity index (χ0) is 21.6. The summed E-state index contributed by atoms with van der Waals surface area (Å²) in [7, 11) is 0. The monoisotopic (exact) mass is 422 g/mol. The molecule has 0 amide bonds. The lowest BCUT2D eigenvalue weighted by atomic mass is 9.62. The van der Waals surface area contributed by atoms with Crippen molar-refractivity contribution in [2.75, 3.05) is 0 Å². The molecule has 2 heterocycles. The third-order valence-corrected chi connectivity index (χ3v) is 7.84. The summed E-state index contributed by atoms with van der Waals surface area (Å²) in [6.45, 7) is 8.39. The van der Waals surface area contributed by atoms with Crippen LogP contribution in [0.2, 0.25) is 0 Å². The summed E-state index contributed by atoms with van der Waals surface area (Å²) in [5.41, 5.74) is 1.33. The maximum Gasteiger partial charge on any atom is 0.308 e. The van der Waals surface area contributed by atoms with E-state index in [0.29, 0.717) is 24.2 Å². The lowest BCUT2D eigenvalue weighted by Crippen LogP contribution is -2.46. The summed E-state index contributed by atoms with van der Waals surface area (Å²) < 4.78 is 17.8. The second-order valence-electron chi connectivity index (χ2n) is 10.1. The van der Waals surface area contributed by atoms with Gasteiger partial charge in [0.05, 0.1) is 24.2 Å². The van der Waals surface area contributed by atoms with E-state index in [1.165, 1.54) is 5.57 Å². The first-order valence-electron chi connectivity index (χ1n) is 11.9. The maximum absolute atomic E-state index is 12.6. The van der Waals surface area contributed by atoms with Crippen molar-refractivity contribution in [2.24, 2.45) is 29.6 Å². The Morgan fingerprint density at radius 1 is 1.20 bits per heavy atom. The molecule has 11 atom stereocenters. The van der Waals surface area contributed by atoms with Crippen LogP contribution in [0.5, 0.6) is 0 Å². The summed E-state index contributed by atoms with van der Waals surface area (Å²) in [5, 5.41) is 19.8. The smallest absolute Gasteiger partial charge is 0.308 e. The van der Waals surface area contributed by atoms with E-state index in [4.69, 9.17) is 14.2 Å². The Balaban J connectivity index is 1.50. The minimum absolute atomic E-state index is 0.0855. The highest BCUT2D eigenvalue weighted by Crippen LogP contribution is 2.55. The highest BCUT2D eigenvalue weighted by molar-refractivity contribution is 5.72. The Bertz CT molecular complexity index is 652. The molecule has 2 aliphatic heterocycles. The van der Waals surface area contributed by atoms with Gasteiger partial charge in [-0.3, -0.25) is 4.79 Å². The van der Waals surface area contributed by atoms with Crippen LogP contribution < -0.4 is 0 Å². The standard InChI is InChI=1S/C24H38O6/c1-5-13(3)24(27)29-19-9-12(2)8-18-21(19)17(14(4)22-23(18)30-22)7-6-16-10-15(25)11-20(26)28-16/h8,12-17,19-23,25-26H,5-7,9-11H2,1-4H3. The van der Waals surface area contributed by atoms with Gasteiger partial charge < -0.3 is 24.4 Å². The molecule has 4 rings (SSSR count). The van der Waals surface area contributed by atoms with Crippen molar-refractivity contribution < 1.29 is 29.2 Å². The van der Waals surface area contributed by atoms with E-state index >= 15 is 0 Å². The number of epoxide rings is 1. The largest absolute Gasteiger partial charge is 0.461 e. The normalized spacial score (nSPS) is 46.3. The molecule has 3 fully saturated rings. The number of rotatable bonds is 6. The number of fused-ring (bicyclic) bond motifs is 3. The first-order valence-corrected chi connectivity index (χ1v) is 11.9. The fourth-order valence-electron chi connectivity index (χ4n) is 5.93. The lowest BCUT2D eigenvalue weighted by molar-refractivity contribution is -0.192. The van der Waals surface area contributed by atoms with Gasteiger partial charge in [0.25, 0.3) is 0 Å². The zero-order valence-electron chi connectivity index (χ0n) is 18.7. The maximum atomic E-state index is 12.6. The lowest BCUT2D eigenvalue weighted by Gasteiger charge is -2.44. The number of aliphatic hydroxyl groups is 2. The highest BCUT2D eigenvalue weighted by Gasteiger charge is 2.59. The molecule has 2 saturated heterocycles. The molecule has 0 aromatic carbocycles. The first-order chi connectivity index (χ1) is 14.3. The van der Waals surface area contributed by atoms with Crippen LogP contribution in [0.3, 0.4) is 0 Å². The average Bonchev–Trinajstić information content (AvgIpc) is 3.48. The highest BCUT2D eigenvalue weighted by atomic mass is 16.6. The molecule has 2 N–H and O–H groups in total. The van der Waals surface area contributed by atoms with Crippen LogP contribution >= 0.6 is 0 Å². The van der Waals surface area contributed by atoms with Crippen molar-refractivity contribution in [1.29, 1.82) is 0 Å². The van der Waals surface area contributed by atoms with Crippen LogP contribution in [0, 0.1) is 29.6 Å². The van der Waals surface area contributed by atoms with E-state index < -0.39 is 12.4 Å². The quantitative estimate of drug-likeness (QED) is 0.388. The second kappa shape index (κ2) is 8.89. The molecule has 4 aliphatic rings. The first kappa shape index (κ1) is 22.3. The van der Waals surface area contributed by atoms with Gasteiger partial charge in [-0.25, -0.2) is 0 Å². The number of carbonyl (C=O) groups is 1. The van der Waals surface area contributed by atoms with Crippen LogP contribution in [-0.4, -0.2) is 53.0 Å². The molecule has 0 bridgehead atoms. The Morgan fingerprint density at radius 2 is 1.97 bits per heavy atom. The number of hydrogen-bond acceptors (Lipinski definition) is 6. The average molecular weight is 423 g/mol. The van der Waals surface area contributed by atoms with Gasteiger partial charge in [-0.2, -0.15) is 0 Å². The van der Waals surface area contributed by atoms with Gasteiger partial charge in [0.15, 0.2) is 6.29 Å². The number of esters is 1. The molecule has 6 nitrogen and oxygen atoms in total. The van der Waals surface area contributed by atoms with Crippen LogP contribution in [-0.2, 0) is 19.0 Å². The Labute approximate surface area is 180 Å². The van der Waals surface area contributed by atoms with Crippen molar-refractivity contribution in [3.05, 3.63) is 11.6 Å². The molecule has 0 aromatic rings. The number of allylic oxidation sites excluding steroid dienone is 1. The molecular weight excluding hydrogens is 384 g/mol. The molecule has 1 saturated carbocycles. The third kappa shape index (κ3) is 4.47. The Morgan fingerprint density at radius 3 is 2.67 bits per heavy atom. The fourth-order valence-corrected chi connectivity index (χ4v) is 5.93. The topological polar surface area (TPSA) is 88.5 Å². The number of hydrogen-bond donors (Lipinski definition) is 2. The minimum Gasteiger partial charge on any atom is -0.461 e. The van der Waals surface area contributed by atoms with E-state index in [0.717, 1.165) is 25.7 Å². The van der Waals surface area contributed by atoms with Gasteiger partial charge in [0, 0.05) is 12.3 Å². The molecule has 30 heavy (non-hydrogen) atoms. The van der Waals surface area contributed by atoms with Crippen molar-refractivity contribution >= 4 is 5.97 Å². The summed E-state index contributed by atoms with van der Waals surface area (Å²) in [4.78, 5) is 12.6. The predicted molar refractivity (Wildman–Crippen MR) is 111 cm³/mol. The van der Waals surface area contributed by atoms with Crippen molar-refractivity contribution in [3.8, 4) is 0 Å². The summed E-state index contributed by atoms with van der Waals surface area (Å²) in [5.74, 6) is 1.10. The van der Waals surface area contributed by atoms with E-state index in [1.54, 1.807) is 0 Å². The van der Waals surface area contributed by atoms with Gasteiger partial charge >= 0.3 is 5.97 Å². The molecule has 0 spiro atoms. The van der Waals surface area contributed by atoms with Gasteiger partial charge in [0.2, 0.25) is 0 Å². The summed E-state index contributed by atoms with van der Waals surface area (Å²) in [6, 6.07) is 0. The van der Waals surface area contributed by atoms with Crippen molar-refractivity contribution in [1.82, 2.24) is 0 Å². The molecule has 6 heteroatoms. The van der Waals surface area contributed by atoms with Crippen LogP contribution in [0.1, 0.15) is 66.2 Å². The molecule has 170 valence electrons. The predicted octanol–water partition coefficient (Wildman–Crippen LogP) is 3.20. The Kier molecular flexibility index (Phi) is 6.59. The Hall–Kier alpha value is -0.950. The summed E-state index contributed by atoms with van der Waals surface area (Å²) >= 11 is 0. The number of aliphatic hydroxyl groups excluding tert-OH is 2. The molecule has 2 aliphatic carbocycles. The second-order valence-corrected chi connectivity index (χ2v) is 10.1. The van der Waals surface area contributed by atoms with E-state index in [-0.39, 0.29) is 48.6 Å². The molecule has 0 radical (unpaired) electrons. The van der Waals surface area contributed by atoms with Crippen LogP contribution in [0.4, 0.5) is 0 Å². The van der Waals surface area contributed by atoms with Gasteiger partial charge in [0.1, 0.15) is 12.2 Å². The van der Waals surface area contributed by atoms with E-state index in [2.05, 4.69) is 19.9 Å². The minimum atomic E-state index is -0.881. The van der Waals surface area contributed by atoms with E-state index in [9.17, 15) is 15.0 Å². The molecular formula is C24H38O6. The van der Waals surface area contributed by atoms with Gasteiger partial charge in [-0.1, -0.05) is 33.8 Å². The van der Waals surface area contributed by atoms with E-state index in [1.807, 2.05) is 13.8 Å². The third-order valence-electron chi connectivity index (χ3n) is 7.84. The van der Waals surface area contributed by atoms with Crippen molar-refractivity contribution in [3.63, 3.8) is 0 Å².